The zero-order valence-corrected chi connectivity index (χ0v) is 13.6. The maximum Gasteiger partial charge on any atom is 0.262 e. The summed E-state index contributed by atoms with van der Waals surface area (Å²) in [7, 11) is -3.70. The second-order valence-electron chi connectivity index (χ2n) is 4.21. The zero-order valence-electron chi connectivity index (χ0n) is 10.6. The van der Waals surface area contributed by atoms with Crippen LogP contribution in [-0.2, 0) is 10.0 Å². The highest BCUT2D eigenvalue weighted by Crippen LogP contribution is 2.21. The average Bonchev–Trinajstić information content (AvgIpc) is 2.38. The summed E-state index contributed by atoms with van der Waals surface area (Å²) in [6.07, 6.45) is 0. The predicted octanol–water partition coefficient (Wildman–Crippen LogP) is 3.27. The summed E-state index contributed by atoms with van der Waals surface area (Å²) in [4.78, 5) is 0.121. The van der Waals surface area contributed by atoms with Crippen LogP contribution in [0, 0.1) is 21.8 Å². The lowest BCUT2D eigenvalue weighted by molar-refractivity contribution is 0.600. The highest BCUT2D eigenvalue weighted by atomic mass is 127. The molecule has 1 N–H and O–H groups in total. The molecule has 0 bridgehead atoms. The molecule has 0 aliphatic carbocycles. The predicted molar refractivity (Wildman–Crippen MR) is 85.9 cm³/mol. The molecule has 0 saturated heterocycles. The Hall–Kier alpha value is -1.59. The van der Waals surface area contributed by atoms with E-state index >= 15 is 0 Å². The molecule has 0 fully saturated rings. The topological polar surface area (TPSA) is 70.0 Å². The molecule has 0 amide bonds. The lowest BCUT2D eigenvalue weighted by atomic mass is 10.2. The third-order valence-corrected chi connectivity index (χ3v) is 4.88. The van der Waals surface area contributed by atoms with Crippen molar-refractivity contribution in [3.05, 3.63) is 57.2 Å². The molecule has 0 atom stereocenters. The number of halogens is 1. The second-order valence-corrected chi connectivity index (χ2v) is 7.10. The number of benzene rings is 2. The van der Waals surface area contributed by atoms with Crippen LogP contribution in [0.2, 0.25) is 0 Å². The van der Waals surface area contributed by atoms with Gasteiger partial charge in [-0.2, -0.15) is 5.26 Å². The van der Waals surface area contributed by atoms with E-state index in [9.17, 15) is 8.42 Å². The molecule has 2 aromatic carbocycles. The van der Waals surface area contributed by atoms with Gasteiger partial charge in [-0.25, -0.2) is 8.42 Å². The van der Waals surface area contributed by atoms with Gasteiger partial charge in [0.1, 0.15) is 0 Å². The lowest BCUT2D eigenvalue weighted by Gasteiger charge is -2.10. The van der Waals surface area contributed by atoms with Crippen LogP contribution in [0.4, 0.5) is 5.69 Å². The Labute approximate surface area is 131 Å². The molecule has 2 rings (SSSR count). The number of anilines is 1. The Bertz CT molecular complexity index is 795. The Balaban J connectivity index is 2.43. The molecule has 2 aromatic rings. The van der Waals surface area contributed by atoms with Crippen LogP contribution in [-0.4, -0.2) is 8.42 Å². The van der Waals surface area contributed by atoms with Crippen LogP contribution in [0.1, 0.15) is 11.1 Å². The molecule has 0 saturated carbocycles. The van der Waals surface area contributed by atoms with Gasteiger partial charge in [0.25, 0.3) is 10.0 Å². The van der Waals surface area contributed by atoms with Gasteiger partial charge < -0.3 is 0 Å². The first-order valence-electron chi connectivity index (χ1n) is 5.71. The van der Waals surface area contributed by atoms with E-state index in [0.717, 1.165) is 3.57 Å². The fourth-order valence-corrected chi connectivity index (χ4v) is 3.59. The first-order chi connectivity index (χ1) is 9.42. The number of rotatable bonds is 3. The minimum Gasteiger partial charge on any atom is -0.280 e. The molecule has 0 aliphatic rings. The molecule has 0 heterocycles. The SMILES string of the molecule is Cc1ccc(C#N)cc1S(=O)(=O)Nc1cccc(I)c1. The molecule has 20 heavy (non-hydrogen) atoms. The summed E-state index contributed by atoms with van der Waals surface area (Å²) in [5.74, 6) is 0. The number of sulfonamides is 1. The molecule has 4 nitrogen and oxygen atoms in total. The Morgan fingerprint density at radius 1 is 1.20 bits per heavy atom. The molecule has 6 heteroatoms. The fraction of sp³-hybridized carbons (Fsp3) is 0.0714. The minimum atomic E-state index is -3.70. The normalized spacial score (nSPS) is 10.8. The molecule has 102 valence electrons. The van der Waals surface area contributed by atoms with Crippen molar-refractivity contribution in [2.45, 2.75) is 11.8 Å². The van der Waals surface area contributed by atoms with E-state index in [-0.39, 0.29) is 4.90 Å². The molecule has 0 unspecified atom stereocenters. The van der Waals surface area contributed by atoms with Crippen LogP contribution < -0.4 is 4.72 Å². The molecule has 0 spiro atoms. The number of nitrogens with zero attached hydrogens (tertiary/aromatic N) is 1. The Morgan fingerprint density at radius 2 is 1.95 bits per heavy atom. The monoisotopic (exact) mass is 398 g/mol. The molecular weight excluding hydrogens is 387 g/mol. The number of nitrogens with one attached hydrogen (secondary N) is 1. The van der Waals surface area contributed by atoms with Gasteiger partial charge in [0.05, 0.1) is 16.5 Å². The number of hydrogen-bond donors (Lipinski definition) is 1. The van der Waals surface area contributed by atoms with Crippen molar-refractivity contribution < 1.29 is 8.42 Å². The quantitative estimate of drug-likeness (QED) is 0.807. The van der Waals surface area contributed by atoms with Crippen molar-refractivity contribution in [1.82, 2.24) is 0 Å². The van der Waals surface area contributed by atoms with E-state index in [1.165, 1.54) is 6.07 Å². The van der Waals surface area contributed by atoms with Crippen LogP contribution in [0.3, 0.4) is 0 Å². The molecular formula is C14H11IN2O2S. The van der Waals surface area contributed by atoms with E-state index in [0.29, 0.717) is 16.8 Å². The van der Waals surface area contributed by atoms with Crippen LogP contribution >= 0.6 is 22.6 Å². The first-order valence-corrected chi connectivity index (χ1v) is 8.28. The van der Waals surface area contributed by atoms with Crippen LogP contribution in [0.25, 0.3) is 0 Å². The van der Waals surface area contributed by atoms with Crippen molar-refractivity contribution in [2.75, 3.05) is 4.72 Å². The number of hydrogen-bond acceptors (Lipinski definition) is 3. The number of aryl methyl sites for hydroxylation is 1. The highest BCUT2D eigenvalue weighted by molar-refractivity contribution is 14.1. The summed E-state index contributed by atoms with van der Waals surface area (Å²) < 4.78 is 28.2. The van der Waals surface area contributed by atoms with Crippen molar-refractivity contribution in [2.24, 2.45) is 0 Å². The summed E-state index contributed by atoms with van der Waals surface area (Å²) >= 11 is 2.11. The van der Waals surface area contributed by atoms with Gasteiger partial charge in [0, 0.05) is 9.26 Å². The van der Waals surface area contributed by atoms with Crippen molar-refractivity contribution in [1.29, 1.82) is 5.26 Å². The van der Waals surface area contributed by atoms with Gasteiger partial charge in [-0.05, 0) is 65.4 Å². The largest absolute Gasteiger partial charge is 0.280 e. The Kier molecular flexibility index (Phi) is 4.30. The summed E-state index contributed by atoms with van der Waals surface area (Å²) in [6, 6.07) is 13.6. The molecule has 0 radical (unpaired) electrons. The van der Waals surface area contributed by atoms with Gasteiger partial charge in [0.15, 0.2) is 0 Å². The Morgan fingerprint density at radius 3 is 2.60 bits per heavy atom. The molecule has 0 aromatic heterocycles. The lowest BCUT2D eigenvalue weighted by Crippen LogP contribution is -2.14. The van der Waals surface area contributed by atoms with Crippen molar-refractivity contribution >= 4 is 38.3 Å². The van der Waals surface area contributed by atoms with E-state index in [2.05, 4.69) is 27.3 Å². The fourth-order valence-electron chi connectivity index (χ4n) is 1.72. The number of nitriles is 1. The van der Waals surface area contributed by atoms with Gasteiger partial charge in [-0.3, -0.25) is 4.72 Å². The van der Waals surface area contributed by atoms with E-state index < -0.39 is 10.0 Å². The first kappa shape index (κ1) is 14.8. The van der Waals surface area contributed by atoms with Gasteiger partial charge in [-0.15, -0.1) is 0 Å². The van der Waals surface area contributed by atoms with Gasteiger partial charge >= 0.3 is 0 Å². The minimum absolute atomic E-state index is 0.121. The second kappa shape index (κ2) is 5.81. The van der Waals surface area contributed by atoms with Gasteiger partial charge in [0.2, 0.25) is 0 Å². The van der Waals surface area contributed by atoms with Crippen LogP contribution in [0.5, 0.6) is 0 Å². The van der Waals surface area contributed by atoms with Crippen molar-refractivity contribution in [3.63, 3.8) is 0 Å². The maximum absolute atomic E-state index is 12.4. The zero-order chi connectivity index (χ0) is 14.8. The summed E-state index contributed by atoms with van der Waals surface area (Å²) in [6.45, 7) is 1.70. The third kappa shape index (κ3) is 3.29. The molecule has 0 aliphatic heterocycles. The highest BCUT2D eigenvalue weighted by Gasteiger charge is 2.17. The third-order valence-electron chi connectivity index (χ3n) is 2.68. The van der Waals surface area contributed by atoms with Crippen LogP contribution in [0.15, 0.2) is 47.4 Å². The van der Waals surface area contributed by atoms with E-state index in [1.807, 2.05) is 12.1 Å². The van der Waals surface area contributed by atoms with E-state index in [4.69, 9.17) is 5.26 Å². The smallest absolute Gasteiger partial charge is 0.262 e. The summed E-state index contributed by atoms with van der Waals surface area (Å²) in [5.41, 5.74) is 1.42. The maximum atomic E-state index is 12.4. The average molecular weight is 398 g/mol. The van der Waals surface area contributed by atoms with Gasteiger partial charge in [-0.1, -0.05) is 12.1 Å². The summed E-state index contributed by atoms with van der Waals surface area (Å²) in [5, 5.41) is 8.88. The van der Waals surface area contributed by atoms with E-state index in [1.54, 1.807) is 37.3 Å². The van der Waals surface area contributed by atoms with Crippen molar-refractivity contribution in [3.8, 4) is 6.07 Å². The standard InChI is InChI=1S/C14H11IN2O2S/c1-10-5-6-11(9-16)7-14(10)20(18,19)17-13-4-2-3-12(15)8-13/h2-8,17H,1H3.